The van der Waals surface area contributed by atoms with Crippen molar-refractivity contribution in [1.29, 1.82) is 0 Å². The van der Waals surface area contributed by atoms with Crippen molar-refractivity contribution in [1.82, 2.24) is 9.55 Å². The molecule has 0 fully saturated rings. The molecule has 0 saturated carbocycles. The van der Waals surface area contributed by atoms with Gasteiger partial charge in [-0.3, -0.25) is 9.88 Å². The average Bonchev–Trinajstić information content (AvgIpc) is 2.21. The summed E-state index contributed by atoms with van der Waals surface area (Å²) in [6.07, 6.45) is 0.0251. The van der Waals surface area contributed by atoms with Crippen LogP contribution in [0.15, 0.2) is 17.1 Å². The highest BCUT2D eigenvalue weighted by Gasteiger charge is 2.06. The van der Waals surface area contributed by atoms with Crippen LogP contribution in [0, 0.1) is 0 Å². The number of aromatic nitrogens is 2. The Labute approximate surface area is 91.4 Å². The van der Waals surface area contributed by atoms with E-state index >= 15 is 0 Å². The fourth-order valence-corrected chi connectivity index (χ4v) is 1.10. The largest absolute Gasteiger partial charge is 0.465 e. The van der Waals surface area contributed by atoms with Crippen LogP contribution >= 0.6 is 0 Å². The van der Waals surface area contributed by atoms with Gasteiger partial charge in [-0.25, -0.2) is 9.59 Å². The summed E-state index contributed by atoms with van der Waals surface area (Å²) in [5, 5.41) is 19.7. The monoisotopic (exact) mass is 227 g/mol. The number of nitrogens with zero attached hydrogens (tertiary/aromatic N) is 2. The van der Waals surface area contributed by atoms with Crippen LogP contribution in [0.1, 0.15) is 13.3 Å². The SMILES string of the molecule is CC[C@@H](O)Cn1ccc(NC(=O)O)nc1=O. The van der Waals surface area contributed by atoms with Gasteiger partial charge in [0.05, 0.1) is 12.6 Å². The third-order valence-electron chi connectivity index (χ3n) is 1.99. The molecule has 0 aliphatic carbocycles. The Morgan fingerprint density at radius 3 is 2.88 bits per heavy atom. The van der Waals surface area contributed by atoms with Crippen LogP contribution in [0.25, 0.3) is 0 Å². The first-order chi connectivity index (χ1) is 7.52. The second-order valence-electron chi connectivity index (χ2n) is 3.24. The molecule has 0 aromatic carbocycles. The predicted molar refractivity (Wildman–Crippen MR) is 56.4 cm³/mol. The van der Waals surface area contributed by atoms with E-state index in [-0.39, 0.29) is 12.4 Å². The number of aliphatic hydroxyl groups is 1. The highest BCUT2D eigenvalue weighted by atomic mass is 16.4. The van der Waals surface area contributed by atoms with Crippen LogP contribution in [-0.2, 0) is 6.54 Å². The van der Waals surface area contributed by atoms with Crippen molar-refractivity contribution < 1.29 is 15.0 Å². The summed E-state index contributed by atoms with van der Waals surface area (Å²) in [7, 11) is 0. The first-order valence-corrected chi connectivity index (χ1v) is 4.78. The van der Waals surface area contributed by atoms with Gasteiger partial charge in [0.25, 0.3) is 0 Å². The van der Waals surface area contributed by atoms with Crippen LogP contribution < -0.4 is 11.0 Å². The Kier molecular flexibility index (Phi) is 4.01. The molecule has 1 amide bonds. The lowest BCUT2D eigenvalue weighted by atomic mass is 10.3. The third kappa shape index (κ3) is 3.35. The number of nitrogens with one attached hydrogen (secondary N) is 1. The van der Waals surface area contributed by atoms with Crippen LogP contribution in [0.2, 0.25) is 0 Å². The van der Waals surface area contributed by atoms with Crippen molar-refractivity contribution in [3.05, 3.63) is 22.7 Å². The van der Waals surface area contributed by atoms with Gasteiger partial charge in [-0.1, -0.05) is 6.92 Å². The highest BCUT2D eigenvalue weighted by Crippen LogP contribution is 1.99. The zero-order valence-electron chi connectivity index (χ0n) is 8.75. The number of anilines is 1. The summed E-state index contributed by atoms with van der Waals surface area (Å²) in [5.74, 6) is -0.0280. The number of hydrogen-bond acceptors (Lipinski definition) is 4. The Balaban J connectivity index is 2.83. The van der Waals surface area contributed by atoms with Gasteiger partial charge in [0.2, 0.25) is 0 Å². The average molecular weight is 227 g/mol. The molecule has 0 aliphatic rings. The Morgan fingerprint density at radius 2 is 2.38 bits per heavy atom. The van der Waals surface area contributed by atoms with Gasteiger partial charge >= 0.3 is 11.8 Å². The Morgan fingerprint density at radius 1 is 1.69 bits per heavy atom. The van der Waals surface area contributed by atoms with Crippen molar-refractivity contribution in [3.63, 3.8) is 0 Å². The van der Waals surface area contributed by atoms with E-state index in [2.05, 4.69) is 4.98 Å². The molecule has 0 spiro atoms. The summed E-state index contributed by atoms with van der Waals surface area (Å²) in [6.45, 7) is 1.94. The van der Waals surface area contributed by atoms with Gasteiger partial charge in [0, 0.05) is 6.20 Å². The molecule has 16 heavy (non-hydrogen) atoms. The summed E-state index contributed by atoms with van der Waals surface area (Å²) in [4.78, 5) is 25.2. The molecule has 1 heterocycles. The minimum atomic E-state index is -1.28. The van der Waals surface area contributed by atoms with E-state index in [0.29, 0.717) is 6.42 Å². The van der Waals surface area contributed by atoms with Crippen LogP contribution in [0.5, 0.6) is 0 Å². The van der Waals surface area contributed by atoms with Crippen molar-refractivity contribution in [3.8, 4) is 0 Å². The topological polar surface area (TPSA) is 104 Å². The Hall–Kier alpha value is -1.89. The summed E-state index contributed by atoms with van der Waals surface area (Å²) in [6, 6.07) is 1.36. The fraction of sp³-hybridized carbons (Fsp3) is 0.444. The van der Waals surface area contributed by atoms with Gasteiger partial charge in [-0.05, 0) is 12.5 Å². The molecule has 1 atom stereocenters. The number of carbonyl (C=O) groups is 1. The first-order valence-electron chi connectivity index (χ1n) is 4.78. The maximum absolute atomic E-state index is 11.4. The normalized spacial score (nSPS) is 12.1. The van der Waals surface area contributed by atoms with Crippen molar-refractivity contribution >= 4 is 11.9 Å². The van der Waals surface area contributed by atoms with Crippen LogP contribution in [-0.4, -0.2) is 32.0 Å². The first kappa shape index (κ1) is 12.2. The maximum atomic E-state index is 11.4. The van der Waals surface area contributed by atoms with Gasteiger partial charge < -0.3 is 10.2 Å². The van der Waals surface area contributed by atoms with Gasteiger partial charge in [-0.15, -0.1) is 0 Å². The summed E-state index contributed by atoms with van der Waals surface area (Å²) in [5.41, 5.74) is -0.598. The smallest absolute Gasteiger partial charge is 0.410 e. The molecule has 0 aliphatic heterocycles. The molecule has 0 unspecified atom stereocenters. The minimum absolute atomic E-state index is 0.0280. The van der Waals surface area contributed by atoms with E-state index in [1.807, 2.05) is 5.32 Å². The van der Waals surface area contributed by atoms with Crippen molar-refractivity contribution in [2.45, 2.75) is 26.0 Å². The lowest BCUT2D eigenvalue weighted by molar-refractivity contribution is 0.148. The molecule has 7 heteroatoms. The van der Waals surface area contributed by atoms with E-state index in [1.165, 1.54) is 16.8 Å². The quantitative estimate of drug-likeness (QED) is 0.676. The van der Waals surface area contributed by atoms with Crippen molar-refractivity contribution in [2.75, 3.05) is 5.32 Å². The molecule has 0 saturated heterocycles. The summed E-state index contributed by atoms with van der Waals surface area (Å²) >= 11 is 0. The van der Waals surface area contributed by atoms with Gasteiger partial charge in [0.15, 0.2) is 0 Å². The summed E-state index contributed by atoms with van der Waals surface area (Å²) < 4.78 is 1.22. The molecule has 0 bridgehead atoms. The van der Waals surface area contributed by atoms with Gasteiger partial charge in [-0.2, -0.15) is 4.98 Å². The number of rotatable bonds is 4. The minimum Gasteiger partial charge on any atom is -0.465 e. The molecular formula is C9H13N3O4. The number of aliphatic hydroxyl groups excluding tert-OH is 1. The van der Waals surface area contributed by atoms with E-state index in [1.54, 1.807) is 6.92 Å². The molecule has 1 rings (SSSR count). The molecule has 0 radical (unpaired) electrons. The van der Waals surface area contributed by atoms with Crippen LogP contribution in [0.3, 0.4) is 0 Å². The second kappa shape index (κ2) is 5.26. The lowest BCUT2D eigenvalue weighted by Crippen LogP contribution is -2.28. The van der Waals surface area contributed by atoms with Gasteiger partial charge in [0.1, 0.15) is 5.82 Å². The molecule has 3 N–H and O–H groups in total. The maximum Gasteiger partial charge on any atom is 0.410 e. The third-order valence-corrected chi connectivity index (χ3v) is 1.99. The zero-order valence-corrected chi connectivity index (χ0v) is 8.75. The Bertz CT molecular complexity index is 429. The van der Waals surface area contributed by atoms with Crippen LogP contribution in [0.4, 0.5) is 10.6 Å². The van der Waals surface area contributed by atoms with E-state index < -0.39 is 17.9 Å². The molecule has 7 nitrogen and oxygen atoms in total. The molecule has 88 valence electrons. The lowest BCUT2D eigenvalue weighted by Gasteiger charge is -2.09. The van der Waals surface area contributed by atoms with E-state index in [4.69, 9.17) is 5.11 Å². The predicted octanol–water partition coefficient (Wildman–Crippen LogP) is 0.104. The number of hydrogen-bond donors (Lipinski definition) is 3. The number of carboxylic acid groups (broad SMARTS) is 1. The van der Waals surface area contributed by atoms with E-state index in [0.717, 1.165) is 0 Å². The van der Waals surface area contributed by atoms with Crippen molar-refractivity contribution in [2.24, 2.45) is 0 Å². The number of amides is 1. The zero-order chi connectivity index (χ0) is 12.1. The fourth-order valence-electron chi connectivity index (χ4n) is 1.10. The molecule has 1 aromatic heterocycles. The molecular weight excluding hydrogens is 214 g/mol. The second-order valence-corrected chi connectivity index (χ2v) is 3.24. The van der Waals surface area contributed by atoms with E-state index in [9.17, 15) is 14.7 Å². The molecule has 1 aromatic rings. The highest BCUT2D eigenvalue weighted by molar-refractivity contribution is 5.81. The standard InChI is InChI=1S/C9H13N3O4/c1-2-6(13)5-12-4-3-7(10-8(12)14)11-9(15)16/h3-4,6,13H,2,5H2,1H3,(H,15,16)(H,10,11,14)/t6-/m1/s1.